The second-order valence-corrected chi connectivity index (χ2v) is 8.52. The molecule has 0 N–H and O–H groups in total. The average Bonchev–Trinajstić information content (AvgIpc) is 3.28. The van der Waals surface area contributed by atoms with E-state index < -0.39 is 0 Å². The highest BCUT2D eigenvalue weighted by molar-refractivity contribution is 7.98. The fourth-order valence-corrected chi connectivity index (χ4v) is 5.55. The lowest BCUT2D eigenvalue weighted by atomic mass is 10.2. The summed E-state index contributed by atoms with van der Waals surface area (Å²) in [6, 6.07) is 2.23. The Morgan fingerprint density at radius 3 is 2.76 bits per heavy atom. The minimum absolute atomic E-state index is 0.00541. The maximum atomic E-state index is 12.3. The van der Waals surface area contributed by atoms with E-state index in [-0.39, 0.29) is 5.56 Å². The van der Waals surface area contributed by atoms with Crippen LogP contribution in [0.25, 0.3) is 4.96 Å². The first-order valence-corrected chi connectivity index (χ1v) is 10.6. The topological polar surface area (TPSA) is 52.2 Å². The molecule has 7 heteroatoms. The Bertz CT molecular complexity index is 979. The van der Waals surface area contributed by atoms with Gasteiger partial charge in [0.1, 0.15) is 0 Å². The summed E-state index contributed by atoms with van der Waals surface area (Å²) in [4.78, 5) is 22.5. The van der Waals surface area contributed by atoms with Crippen LogP contribution >= 0.6 is 23.1 Å². The number of rotatable bonds is 4. The molecule has 0 saturated heterocycles. The minimum Gasteiger partial charge on any atom is -0.320 e. The summed E-state index contributed by atoms with van der Waals surface area (Å²) in [5.74, 6) is 0.672. The number of aryl methyl sites for hydroxylation is 2. The molecule has 1 aliphatic rings. The number of aromatic nitrogens is 4. The number of fused-ring (bicyclic) bond motifs is 1. The summed E-state index contributed by atoms with van der Waals surface area (Å²) >= 11 is 3.21. The van der Waals surface area contributed by atoms with Crippen molar-refractivity contribution in [1.29, 1.82) is 0 Å². The zero-order valence-corrected chi connectivity index (χ0v) is 16.4. The molecule has 0 aromatic carbocycles. The first-order chi connectivity index (χ1) is 12.0. The van der Waals surface area contributed by atoms with E-state index in [1.807, 2.05) is 12.3 Å². The Hall–Kier alpha value is -1.60. The predicted molar refractivity (Wildman–Crippen MR) is 103 cm³/mol. The minimum atomic E-state index is 0.00541. The van der Waals surface area contributed by atoms with Crippen molar-refractivity contribution >= 4 is 28.1 Å². The van der Waals surface area contributed by atoms with Crippen molar-refractivity contribution in [3.8, 4) is 0 Å². The zero-order valence-electron chi connectivity index (χ0n) is 14.8. The third kappa shape index (κ3) is 3.04. The Kier molecular flexibility index (Phi) is 4.45. The highest BCUT2D eigenvalue weighted by Crippen LogP contribution is 2.35. The van der Waals surface area contributed by atoms with Gasteiger partial charge in [-0.25, -0.2) is 9.97 Å². The van der Waals surface area contributed by atoms with Crippen LogP contribution in [0.3, 0.4) is 0 Å². The quantitative estimate of drug-likeness (QED) is 0.640. The van der Waals surface area contributed by atoms with Gasteiger partial charge in [0.05, 0.1) is 11.4 Å². The van der Waals surface area contributed by atoms with Crippen molar-refractivity contribution in [2.45, 2.75) is 63.4 Å². The Morgan fingerprint density at radius 1 is 1.24 bits per heavy atom. The molecular weight excluding hydrogens is 352 g/mol. The van der Waals surface area contributed by atoms with E-state index in [0.29, 0.717) is 11.8 Å². The highest BCUT2D eigenvalue weighted by Gasteiger charge is 2.23. The second kappa shape index (κ2) is 6.61. The van der Waals surface area contributed by atoms with Crippen LogP contribution in [0, 0.1) is 20.8 Å². The Morgan fingerprint density at radius 2 is 2.00 bits per heavy atom. The molecule has 0 spiro atoms. The van der Waals surface area contributed by atoms with Gasteiger partial charge in [0.2, 0.25) is 0 Å². The average molecular weight is 375 g/mol. The third-order valence-electron chi connectivity index (χ3n) is 5.02. The van der Waals surface area contributed by atoms with Crippen molar-refractivity contribution in [3.63, 3.8) is 0 Å². The summed E-state index contributed by atoms with van der Waals surface area (Å²) < 4.78 is 4.08. The molecule has 0 aliphatic heterocycles. The van der Waals surface area contributed by atoms with Crippen molar-refractivity contribution in [2.24, 2.45) is 0 Å². The number of hydrogen-bond donors (Lipinski definition) is 0. The van der Waals surface area contributed by atoms with Crippen LogP contribution in [0.15, 0.2) is 21.4 Å². The number of nitrogens with zero attached hydrogens (tertiary/aromatic N) is 4. The second-order valence-electron chi connectivity index (χ2n) is 6.74. The van der Waals surface area contributed by atoms with Gasteiger partial charge in [-0.3, -0.25) is 9.20 Å². The summed E-state index contributed by atoms with van der Waals surface area (Å²) in [5.41, 5.74) is 4.15. The third-order valence-corrected chi connectivity index (χ3v) is 6.95. The van der Waals surface area contributed by atoms with Crippen LogP contribution in [-0.4, -0.2) is 18.9 Å². The van der Waals surface area contributed by atoms with Gasteiger partial charge in [-0.05, 0) is 33.6 Å². The molecule has 5 nitrogen and oxygen atoms in total. The molecule has 132 valence electrons. The zero-order chi connectivity index (χ0) is 17.6. The van der Waals surface area contributed by atoms with Gasteiger partial charge in [-0.15, -0.1) is 11.3 Å². The normalized spacial score (nSPS) is 15.5. The van der Waals surface area contributed by atoms with Gasteiger partial charge in [0.15, 0.2) is 10.1 Å². The van der Waals surface area contributed by atoms with E-state index in [1.54, 1.807) is 22.2 Å². The molecule has 3 aromatic rings. The summed E-state index contributed by atoms with van der Waals surface area (Å²) in [6.45, 7) is 6.18. The Balaban J connectivity index is 1.61. The molecule has 0 atom stereocenters. The monoisotopic (exact) mass is 374 g/mol. The molecule has 1 fully saturated rings. The molecule has 1 saturated carbocycles. The van der Waals surface area contributed by atoms with Gasteiger partial charge in [0, 0.05) is 34.6 Å². The smallest absolute Gasteiger partial charge is 0.258 e. The predicted octanol–water partition coefficient (Wildman–Crippen LogP) is 4.29. The van der Waals surface area contributed by atoms with E-state index >= 15 is 0 Å². The van der Waals surface area contributed by atoms with Crippen LogP contribution < -0.4 is 5.56 Å². The summed E-state index contributed by atoms with van der Waals surface area (Å²) in [6.07, 6.45) is 5.09. The highest BCUT2D eigenvalue weighted by atomic mass is 32.2. The number of hydrogen-bond acceptors (Lipinski definition) is 5. The van der Waals surface area contributed by atoms with Crippen molar-refractivity contribution < 1.29 is 0 Å². The fraction of sp³-hybridized carbons (Fsp3) is 0.500. The van der Waals surface area contributed by atoms with Gasteiger partial charge < -0.3 is 4.57 Å². The lowest BCUT2D eigenvalue weighted by molar-refractivity contribution is 0.471. The molecule has 1 aliphatic carbocycles. The van der Waals surface area contributed by atoms with Crippen LogP contribution in [0.2, 0.25) is 0 Å². The fourth-order valence-electron chi connectivity index (χ4n) is 3.60. The van der Waals surface area contributed by atoms with E-state index in [9.17, 15) is 4.79 Å². The van der Waals surface area contributed by atoms with Crippen molar-refractivity contribution in [2.75, 3.05) is 0 Å². The van der Waals surface area contributed by atoms with Gasteiger partial charge in [-0.2, -0.15) is 0 Å². The molecule has 0 amide bonds. The van der Waals surface area contributed by atoms with E-state index in [2.05, 4.69) is 23.4 Å². The maximum absolute atomic E-state index is 12.3. The molecule has 0 radical (unpaired) electrons. The largest absolute Gasteiger partial charge is 0.320 e. The molecule has 4 rings (SSSR count). The van der Waals surface area contributed by atoms with Gasteiger partial charge in [0.25, 0.3) is 5.56 Å². The van der Waals surface area contributed by atoms with Crippen LogP contribution in [0.5, 0.6) is 0 Å². The van der Waals surface area contributed by atoms with Crippen LogP contribution in [0.4, 0.5) is 0 Å². The maximum Gasteiger partial charge on any atom is 0.258 e. The molecule has 25 heavy (non-hydrogen) atoms. The van der Waals surface area contributed by atoms with E-state index in [4.69, 9.17) is 4.98 Å². The van der Waals surface area contributed by atoms with Crippen molar-refractivity contribution in [1.82, 2.24) is 18.9 Å². The van der Waals surface area contributed by atoms with Gasteiger partial charge in [-0.1, -0.05) is 24.6 Å². The number of imidazole rings is 1. The Labute approximate surface area is 155 Å². The lowest BCUT2D eigenvalue weighted by Gasteiger charge is -2.16. The number of thiazole rings is 1. The molecule has 3 heterocycles. The standard InChI is InChI=1S/C18H22N4OS2/c1-11-9-24-18-20-14(8-16(23)21(11)18)10-25-17-19-12(2)13(3)22(17)15-6-4-5-7-15/h8-9,15H,4-7,10H2,1-3H3. The van der Waals surface area contributed by atoms with E-state index in [0.717, 1.165) is 27.2 Å². The number of thioether (sulfide) groups is 1. The van der Waals surface area contributed by atoms with Crippen LogP contribution in [-0.2, 0) is 5.75 Å². The molecule has 0 bridgehead atoms. The first-order valence-electron chi connectivity index (χ1n) is 8.69. The summed E-state index contributed by atoms with van der Waals surface area (Å²) in [5, 5.41) is 3.03. The van der Waals surface area contributed by atoms with Crippen molar-refractivity contribution in [3.05, 3.63) is 44.6 Å². The SMILES string of the molecule is Cc1nc(SCc2cc(=O)n3c(C)csc3n2)n(C2CCCC2)c1C. The molecule has 0 unspecified atom stereocenters. The van der Waals surface area contributed by atoms with Crippen LogP contribution in [0.1, 0.15) is 54.5 Å². The molecular formula is C18H22N4OS2. The first kappa shape index (κ1) is 16.8. The lowest BCUT2D eigenvalue weighted by Crippen LogP contribution is -2.14. The van der Waals surface area contributed by atoms with E-state index in [1.165, 1.54) is 42.7 Å². The summed E-state index contributed by atoms with van der Waals surface area (Å²) in [7, 11) is 0. The molecule has 3 aromatic heterocycles. The van der Waals surface area contributed by atoms with Gasteiger partial charge >= 0.3 is 0 Å².